The lowest BCUT2D eigenvalue weighted by molar-refractivity contribution is -0.137. The summed E-state index contributed by atoms with van der Waals surface area (Å²) in [6.07, 6.45) is 3.40. The minimum atomic E-state index is -0.173. The van der Waals surface area contributed by atoms with E-state index in [4.69, 9.17) is 5.73 Å². The first-order valence-electron chi connectivity index (χ1n) is 7.98. The Hall–Kier alpha value is -1.34. The van der Waals surface area contributed by atoms with Crippen LogP contribution in [0.1, 0.15) is 46.0 Å². The molecule has 7 nitrogen and oxygen atoms in total. The lowest BCUT2D eigenvalue weighted by Gasteiger charge is -2.38. The van der Waals surface area contributed by atoms with Crippen molar-refractivity contribution in [1.82, 2.24) is 15.5 Å². The van der Waals surface area contributed by atoms with Gasteiger partial charge in [-0.1, -0.05) is 0 Å². The molecule has 4 N–H and O–H groups in total. The van der Waals surface area contributed by atoms with Gasteiger partial charge in [0.05, 0.1) is 0 Å². The molecule has 1 aliphatic rings. The van der Waals surface area contributed by atoms with Gasteiger partial charge in [-0.2, -0.15) is 0 Å². The number of hydrogen-bond acceptors (Lipinski definition) is 4. The van der Waals surface area contributed by atoms with Crippen LogP contribution in [-0.4, -0.2) is 54.3 Å². The number of carbonyl (C=O) groups excluding carboxylic acids is 3. The van der Waals surface area contributed by atoms with Crippen LogP contribution in [0.5, 0.6) is 0 Å². The third-order valence-corrected chi connectivity index (χ3v) is 3.86. The molecule has 2 atom stereocenters. The maximum atomic E-state index is 12.3. The summed E-state index contributed by atoms with van der Waals surface area (Å²) in [6.45, 7) is 4.85. The van der Waals surface area contributed by atoms with E-state index in [1.165, 1.54) is 6.92 Å². The minimum absolute atomic E-state index is 0. The molecule has 0 aromatic rings. The van der Waals surface area contributed by atoms with E-state index >= 15 is 0 Å². The van der Waals surface area contributed by atoms with Gasteiger partial charge in [0, 0.05) is 51.5 Å². The van der Waals surface area contributed by atoms with Gasteiger partial charge in [-0.15, -0.1) is 12.4 Å². The molecule has 0 radical (unpaired) electrons. The van der Waals surface area contributed by atoms with Crippen molar-refractivity contribution >= 4 is 30.1 Å². The summed E-state index contributed by atoms with van der Waals surface area (Å²) in [6, 6.07) is 0.0415. The Morgan fingerprint density at radius 1 is 1.17 bits per heavy atom. The normalized spacial score (nSPS) is 18.6. The Kier molecular flexibility index (Phi) is 10.6. The van der Waals surface area contributed by atoms with Crippen LogP contribution in [0.3, 0.4) is 0 Å². The first-order chi connectivity index (χ1) is 10.4. The first-order valence-corrected chi connectivity index (χ1v) is 7.98. The van der Waals surface area contributed by atoms with E-state index < -0.39 is 0 Å². The number of likely N-dealkylation sites (tertiary alicyclic amines) is 1. The quantitative estimate of drug-likeness (QED) is 0.570. The summed E-state index contributed by atoms with van der Waals surface area (Å²) in [4.78, 5) is 36.5. The van der Waals surface area contributed by atoms with Crippen molar-refractivity contribution in [3.8, 4) is 0 Å². The summed E-state index contributed by atoms with van der Waals surface area (Å²) >= 11 is 0. The van der Waals surface area contributed by atoms with Crippen molar-refractivity contribution in [2.75, 3.05) is 19.6 Å². The van der Waals surface area contributed by atoms with Crippen molar-refractivity contribution in [1.29, 1.82) is 0 Å². The number of hydrogen-bond donors (Lipinski definition) is 3. The van der Waals surface area contributed by atoms with E-state index in [1.54, 1.807) is 0 Å². The number of carbonyl (C=O) groups is 3. The van der Waals surface area contributed by atoms with Crippen LogP contribution < -0.4 is 16.4 Å². The zero-order chi connectivity index (χ0) is 16.5. The Bertz CT molecular complexity index is 404. The predicted molar refractivity (Wildman–Crippen MR) is 91.2 cm³/mol. The van der Waals surface area contributed by atoms with Gasteiger partial charge in [0.2, 0.25) is 17.7 Å². The Morgan fingerprint density at radius 2 is 1.83 bits per heavy atom. The van der Waals surface area contributed by atoms with Crippen LogP contribution in [0, 0.1) is 0 Å². The summed E-state index contributed by atoms with van der Waals surface area (Å²) in [5.74, 6) is -0.302. The summed E-state index contributed by atoms with van der Waals surface area (Å²) in [5, 5.41) is 5.27. The third-order valence-electron chi connectivity index (χ3n) is 3.86. The van der Waals surface area contributed by atoms with Crippen LogP contribution in [0.15, 0.2) is 0 Å². The summed E-state index contributed by atoms with van der Waals surface area (Å²) < 4.78 is 0. The molecule has 0 aromatic carbocycles. The van der Waals surface area contributed by atoms with Crippen LogP contribution in [-0.2, 0) is 14.4 Å². The fraction of sp³-hybridized carbons (Fsp3) is 0.800. The van der Waals surface area contributed by atoms with Gasteiger partial charge in [0.25, 0.3) is 0 Å². The van der Waals surface area contributed by atoms with Gasteiger partial charge in [-0.05, 0) is 26.2 Å². The maximum absolute atomic E-state index is 12.3. The Balaban J connectivity index is 0.00000484. The van der Waals surface area contributed by atoms with Crippen molar-refractivity contribution < 1.29 is 14.4 Å². The Labute approximate surface area is 144 Å². The fourth-order valence-electron chi connectivity index (χ4n) is 2.71. The number of amides is 3. The van der Waals surface area contributed by atoms with Crippen molar-refractivity contribution in [3.05, 3.63) is 0 Å². The molecule has 0 aliphatic carbocycles. The molecular weight excluding hydrogens is 320 g/mol. The zero-order valence-electron chi connectivity index (χ0n) is 14.0. The maximum Gasteiger partial charge on any atom is 0.223 e. The zero-order valence-corrected chi connectivity index (χ0v) is 14.8. The van der Waals surface area contributed by atoms with Gasteiger partial charge < -0.3 is 21.3 Å². The number of nitrogens with two attached hydrogens (primary N) is 1. The second kappa shape index (κ2) is 11.2. The van der Waals surface area contributed by atoms with E-state index in [1.807, 2.05) is 11.8 Å². The van der Waals surface area contributed by atoms with Crippen LogP contribution in [0.4, 0.5) is 0 Å². The molecule has 0 saturated carbocycles. The highest BCUT2D eigenvalue weighted by atomic mass is 35.5. The minimum Gasteiger partial charge on any atom is -0.355 e. The summed E-state index contributed by atoms with van der Waals surface area (Å²) in [5.41, 5.74) is 5.95. The van der Waals surface area contributed by atoms with E-state index in [2.05, 4.69) is 10.6 Å². The molecule has 0 bridgehead atoms. The van der Waals surface area contributed by atoms with E-state index in [0.29, 0.717) is 13.1 Å². The van der Waals surface area contributed by atoms with Gasteiger partial charge in [0.1, 0.15) is 0 Å². The number of nitrogens with zero attached hydrogens (tertiary/aromatic N) is 1. The van der Waals surface area contributed by atoms with Gasteiger partial charge >= 0.3 is 0 Å². The topological polar surface area (TPSA) is 105 Å². The highest BCUT2D eigenvalue weighted by molar-refractivity contribution is 5.85. The van der Waals surface area contributed by atoms with Crippen LogP contribution in [0.2, 0.25) is 0 Å². The van der Waals surface area contributed by atoms with Crippen molar-refractivity contribution in [2.24, 2.45) is 5.73 Å². The number of nitrogens with one attached hydrogen (secondary N) is 2. The molecule has 23 heavy (non-hydrogen) atoms. The van der Waals surface area contributed by atoms with E-state index in [9.17, 15) is 14.4 Å². The Morgan fingerprint density at radius 3 is 2.43 bits per heavy atom. The van der Waals surface area contributed by atoms with Gasteiger partial charge in [-0.25, -0.2) is 0 Å². The molecule has 1 aliphatic heterocycles. The van der Waals surface area contributed by atoms with Crippen LogP contribution >= 0.6 is 12.4 Å². The highest BCUT2D eigenvalue weighted by Gasteiger charge is 2.28. The third kappa shape index (κ3) is 8.18. The van der Waals surface area contributed by atoms with E-state index in [0.717, 1.165) is 25.8 Å². The molecule has 0 spiro atoms. The lowest BCUT2D eigenvalue weighted by Crippen LogP contribution is -2.51. The molecule has 1 heterocycles. The molecule has 0 aromatic heterocycles. The lowest BCUT2D eigenvalue weighted by atomic mass is 9.96. The van der Waals surface area contributed by atoms with Crippen LogP contribution in [0.25, 0.3) is 0 Å². The molecule has 3 amide bonds. The second-order valence-electron chi connectivity index (χ2n) is 5.84. The monoisotopic (exact) mass is 348 g/mol. The molecule has 134 valence electrons. The molecule has 1 fully saturated rings. The standard InChI is InChI=1S/C15H28N4O3.ClH/c1-11(16)13-5-3-4-10-19(13)15(22)7-6-14(21)18-9-8-17-12(2)20;/h11,13H,3-10,16H2,1-2H3,(H,17,20)(H,18,21);1H. The molecule has 8 heteroatoms. The largest absolute Gasteiger partial charge is 0.355 e. The second-order valence-corrected chi connectivity index (χ2v) is 5.84. The number of rotatable bonds is 7. The predicted octanol–water partition coefficient (Wildman–Crippen LogP) is 0.169. The average molecular weight is 349 g/mol. The molecule has 1 rings (SSSR count). The smallest absolute Gasteiger partial charge is 0.223 e. The average Bonchev–Trinajstić information content (AvgIpc) is 2.49. The highest BCUT2D eigenvalue weighted by Crippen LogP contribution is 2.20. The van der Waals surface area contributed by atoms with Crippen molar-refractivity contribution in [3.63, 3.8) is 0 Å². The molecule has 2 unspecified atom stereocenters. The first kappa shape index (κ1) is 21.7. The molecular formula is C15H29ClN4O3. The SMILES string of the molecule is CC(=O)NCCNC(=O)CCC(=O)N1CCCCC1C(C)N.Cl. The van der Waals surface area contributed by atoms with Gasteiger partial charge in [-0.3, -0.25) is 14.4 Å². The fourth-order valence-corrected chi connectivity index (χ4v) is 2.71. The number of piperidine rings is 1. The number of halogens is 1. The van der Waals surface area contributed by atoms with Crippen molar-refractivity contribution in [2.45, 2.75) is 58.0 Å². The van der Waals surface area contributed by atoms with Gasteiger partial charge in [0.15, 0.2) is 0 Å². The summed E-state index contributed by atoms with van der Waals surface area (Å²) in [7, 11) is 0. The molecule has 1 saturated heterocycles. The van der Waals surface area contributed by atoms with E-state index in [-0.39, 0.29) is 55.1 Å².